The maximum absolute atomic E-state index is 12.6. The summed E-state index contributed by atoms with van der Waals surface area (Å²) < 4.78 is 1.78. The number of rotatable bonds is 4. The highest BCUT2D eigenvalue weighted by Crippen LogP contribution is 2.21. The molecule has 2 aromatic heterocycles. The summed E-state index contributed by atoms with van der Waals surface area (Å²) in [7, 11) is 0. The van der Waals surface area contributed by atoms with Gasteiger partial charge in [0.15, 0.2) is 0 Å². The highest BCUT2D eigenvalue weighted by atomic mass is 16.2. The predicted molar refractivity (Wildman–Crippen MR) is 97.9 cm³/mol. The third-order valence-corrected chi connectivity index (χ3v) is 5.14. The SMILES string of the molecule is O=C(Cn1ccc(C2CCCNC2)n1)N1CCN(c2ncccn2)CC1. The van der Waals surface area contributed by atoms with Crippen LogP contribution in [-0.4, -0.2) is 69.8 Å². The molecule has 2 saturated heterocycles. The molecular weight excluding hydrogens is 330 g/mol. The minimum absolute atomic E-state index is 0.120. The van der Waals surface area contributed by atoms with Crippen molar-refractivity contribution < 1.29 is 4.79 Å². The Balaban J connectivity index is 1.30. The number of carbonyl (C=O) groups is 1. The van der Waals surface area contributed by atoms with E-state index < -0.39 is 0 Å². The molecule has 2 fully saturated rings. The van der Waals surface area contributed by atoms with Gasteiger partial charge in [-0.1, -0.05) is 0 Å². The van der Waals surface area contributed by atoms with Gasteiger partial charge in [-0.3, -0.25) is 9.48 Å². The molecular formula is C18H25N7O. The molecule has 1 atom stereocenters. The van der Waals surface area contributed by atoms with Crippen LogP contribution in [0.15, 0.2) is 30.7 Å². The molecule has 1 N–H and O–H groups in total. The molecule has 0 radical (unpaired) electrons. The van der Waals surface area contributed by atoms with Crippen molar-refractivity contribution in [3.63, 3.8) is 0 Å². The number of piperazine rings is 1. The topological polar surface area (TPSA) is 79.2 Å². The van der Waals surface area contributed by atoms with E-state index in [0.717, 1.165) is 37.8 Å². The molecule has 0 bridgehead atoms. The molecule has 4 heterocycles. The summed E-state index contributed by atoms with van der Waals surface area (Å²) in [6.07, 6.45) is 7.78. The normalized spacial score (nSPS) is 21.0. The third kappa shape index (κ3) is 3.85. The van der Waals surface area contributed by atoms with Gasteiger partial charge in [-0.15, -0.1) is 0 Å². The van der Waals surface area contributed by atoms with Crippen LogP contribution >= 0.6 is 0 Å². The summed E-state index contributed by atoms with van der Waals surface area (Å²) in [5.41, 5.74) is 1.09. The van der Waals surface area contributed by atoms with Crippen LogP contribution in [0.5, 0.6) is 0 Å². The second-order valence-electron chi connectivity index (χ2n) is 6.90. The summed E-state index contributed by atoms with van der Waals surface area (Å²) in [6, 6.07) is 3.86. The van der Waals surface area contributed by atoms with E-state index in [0.29, 0.717) is 25.6 Å². The molecule has 0 saturated carbocycles. The van der Waals surface area contributed by atoms with Crippen LogP contribution in [0.1, 0.15) is 24.5 Å². The summed E-state index contributed by atoms with van der Waals surface area (Å²) >= 11 is 0. The maximum atomic E-state index is 12.6. The van der Waals surface area contributed by atoms with Crippen LogP contribution in [0, 0.1) is 0 Å². The molecule has 26 heavy (non-hydrogen) atoms. The van der Waals surface area contributed by atoms with Crippen LogP contribution < -0.4 is 10.2 Å². The van der Waals surface area contributed by atoms with Gasteiger partial charge < -0.3 is 15.1 Å². The van der Waals surface area contributed by atoms with Crippen LogP contribution in [0.3, 0.4) is 0 Å². The van der Waals surface area contributed by atoms with E-state index in [9.17, 15) is 4.79 Å². The van der Waals surface area contributed by atoms with Crippen LogP contribution in [0.25, 0.3) is 0 Å². The zero-order chi connectivity index (χ0) is 17.8. The molecule has 2 aliphatic rings. The van der Waals surface area contributed by atoms with E-state index in [4.69, 9.17) is 0 Å². The van der Waals surface area contributed by atoms with Gasteiger partial charge >= 0.3 is 0 Å². The summed E-state index contributed by atoms with van der Waals surface area (Å²) in [5, 5.41) is 8.04. The Kier molecular flexibility index (Phi) is 5.10. The Morgan fingerprint density at radius 2 is 2.00 bits per heavy atom. The average molecular weight is 355 g/mol. The first-order valence-corrected chi connectivity index (χ1v) is 9.33. The fraction of sp³-hybridized carbons (Fsp3) is 0.556. The van der Waals surface area contributed by atoms with Crippen molar-refractivity contribution in [1.82, 2.24) is 30.0 Å². The molecule has 8 heteroatoms. The Bertz CT molecular complexity index is 718. The molecule has 1 unspecified atom stereocenters. The highest BCUT2D eigenvalue weighted by Gasteiger charge is 2.23. The molecule has 0 aromatic carbocycles. The van der Waals surface area contributed by atoms with Crippen molar-refractivity contribution in [1.29, 1.82) is 0 Å². The zero-order valence-electron chi connectivity index (χ0n) is 14.9. The van der Waals surface area contributed by atoms with E-state index in [1.165, 1.54) is 12.8 Å². The molecule has 1 amide bonds. The number of anilines is 1. The number of nitrogens with one attached hydrogen (secondary N) is 1. The standard InChI is InChI=1S/C18H25N7O/c26-17(14-25-8-4-16(22-25)15-3-1-5-19-13-15)23-9-11-24(12-10-23)18-20-6-2-7-21-18/h2,4,6-8,15,19H,1,3,5,9-14H2. The fourth-order valence-electron chi connectivity index (χ4n) is 3.64. The molecule has 0 aliphatic carbocycles. The fourth-order valence-corrected chi connectivity index (χ4v) is 3.64. The van der Waals surface area contributed by atoms with Crippen LogP contribution in [-0.2, 0) is 11.3 Å². The van der Waals surface area contributed by atoms with Gasteiger partial charge in [-0.2, -0.15) is 5.10 Å². The van der Waals surface area contributed by atoms with E-state index in [1.54, 1.807) is 17.1 Å². The number of aromatic nitrogens is 4. The first-order chi connectivity index (χ1) is 12.8. The van der Waals surface area contributed by atoms with Gasteiger partial charge in [0.1, 0.15) is 6.54 Å². The Morgan fingerprint density at radius 1 is 1.19 bits per heavy atom. The lowest BCUT2D eigenvalue weighted by Gasteiger charge is -2.34. The Labute approximate surface area is 153 Å². The summed E-state index contributed by atoms with van der Waals surface area (Å²) in [4.78, 5) is 25.2. The summed E-state index contributed by atoms with van der Waals surface area (Å²) in [5.74, 6) is 1.32. The van der Waals surface area contributed by atoms with Crippen molar-refractivity contribution in [2.45, 2.75) is 25.3 Å². The van der Waals surface area contributed by atoms with Gasteiger partial charge in [0, 0.05) is 57.2 Å². The van der Waals surface area contributed by atoms with E-state index in [1.807, 2.05) is 17.2 Å². The molecule has 2 aliphatic heterocycles. The molecule has 138 valence electrons. The molecule has 8 nitrogen and oxygen atoms in total. The predicted octanol–water partition coefficient (Wildman–Crippen LogP) is 0.489. The van der Waals surface area contributed by atoms with Crippen molar-refractivity contribution >= 4 is 11.9 Å². The van der Waals surface area contributed by atoms with Crippen molar-refractivity contribution in [3.8, 4) is 0 Å². The lowest BCUT2D eigenvalue weighted by molar-refractivity contribution is -0.132. The largest absolute Gasteiger partial charge is 0.338 e. The van der Waals surface area contributed by atoms with Crippen molar-refractivity contribution in [3.05, 3.63) is 36.4 Å². The van der Waals surface area contributed by atoms with Crippen molar-refractivity contribution in [2.75, 3.05) is 44.2 Å². The van der Waals surface area contributed by atoms with Gasteiger partial charge in [0.25, 0.3) is 0 Å². The van der Waals surface area contributed by atoms with Gasteiger partial charge in [-0.05, 0) is 31.5 Å². The second-order valence-corrected chi connectivity index (χ2v) is 6.90. The number of nitrogens with zero attached hydrogens (tertiary/aromatic N) is 6. The van der Waals surface area contributed by atoms with Crippen molar-refractivity contribution in [2.24, 2.45) is 0 Å². The van der Waals surface area contributed by atoms with Gasteiger partial charge in [-0.25, -0.2) is 9.97 Å². The Hall–Kier alpha value is -2.48. The van der Waals surface area contributed by atoms with E-state index in [-0.39, 0.29) is 5.91 Å². The third-order valence-electron chi connectivity index (χ3n) is 5.14. The van der Waals surface area contributed by atoms with E-state index >= 15 is 0 Å². The minimum atomic E-state index is 0.120. The number of piperidine rings is 1. The molecule has 4 rings (SSSR count). The zero-order valence-corrected chi connectivity index (χ0v) is 14.9. The lowest BCUT2D eigenvalue weighted by atomic mass is 9.97. The lowest BCUT2D eigenvalue weighted by Crippen LogP contribution is -2.50. The number of hydrogen-bond acceptors (Lipinski definition) is 6. The number of hydrogen-bond donors (Lipinski definition) is 1. The number of amides is 1. The first-order valence-electron chi connectivity index (χ1n) is 9.33. The smallest absolute Gasteiger partial charge is 0.244 e. The first kappa shape index (κ1) is 17.0. The Morgan fingerprint density at radius 3 is 2.73 bits per heavy atom. The van der Waals surface area contributed by atoms with Gasteiger partial charge in [0.05, 0.1) is 5.69 Å². The highest BCUT2D eigenvalue weighted by molar-refractivity contribution is 5.76. The van der Waals surface area contributed by atoms with E-state index in [2.05, 4.69) is 31.3 Å². The van der Waals surface area contributed by atoms with Crippen LogP contribution in [0.2, 0.25) is 0 Å². The monoisotopic (exact) mass is 355 g/mol. The minimum Gasteiger partial charge on any atom is -0.338 e. The quantitative estimate of drug-likeness (QED) is 0.860. The maximum Gasteiger partial charge on any atom is 0.244 e. The second kappa shape index (κ2) is 7.82. The van der Waals surface area contributed by atoms with Gasteiger partial charge in [0.2, 0.25) is 11.9 Å². The average Bonchev–Trinajstić information content (AvgIpc) is 3.18. The van der Waals surface area contributed by atoms with Crippen LogP contribution in [0.4, 0.5) is 5.95 Å². The summed E-state index contributed by atoms with van der Waals surface area (Å²) in [6.45, 7) is 5.28. The number of carbonyl (C=O) groups excluding carboxylic acids is 1. The molecule has 2 aromatic rings. The molecule has 0 spiro atoms.